The highest BCUT2D eigenvalue weighted by Gasteiger charge is 2.36. The molecule has 7 nitrogen and oxygen atoms in total. The molecule has 10 heteroatoms. The van der Waals surface area contributed by atoms with Crippen LogP contribution in [0, 0.1) is 13.8 Å². The third-order valence-electron chi connectivity index (χ3n) is 3.84. The second kappa shape index (κ2) is 6.70. The number of hydrogen-bond acceptors (Lipinski definition) is 5. The summed E-state index contributed by atoms with van der Waals surface area (Å²) in [5.41, 5.74) is 1.65. The van der Waals surface area contributed by atoms with Gasteiger partial charge in [0.1, 0.15) is 5.82 Å². The highest BCUT2D eigenvalue weighted by Crippen LogP contribution is 2.27. The molecule has 3 aromatic heterocycles. The molecule has 0 saturated heterocycles. The van der Waals surface area contributed by atoms with Gasteiger partial charge < -0.3 is 5.32 Å². The van der Waals surface area contributed by atoms with Gasteiger partial charge in [-0.1, -0.05) is 6.07 Å². The largest absolute Gasteiger partial charge is 0.453 e. The Balaban J connectivity index is 1.80. The van der Waals surface area contributed by atoms with Crippen LogP contribution < -0.4 is 5.32 Å². The summed E-state index contributed by atoms with van der Waals surface area (Å²) in [5.74, 6) is -1.17. The van der Waals surface area contributed by atoms with E-state index in [1.54, 1.807) is 38.2 Å². The predicted octanol–water partition coefficient (Wildman–Crippen LogP) is 2.73. The third-order valence-corrected chi connectivity index (χ3v) is 3.84. The van der Waals surface area contributed by atoms with Gasteiger partial charge in [-0.15, -0.1) is 5.10 Å². The van der Waals surface area contributed by atoms with Crippen molar-refractivity contribution in [1.82, 2.24) is 24.6 Å². The number of aryl methyl sites for hydroxylation is 2. The maximum absolute atomic E-state index is 12.8. The molecule has 3 heterocycles. The van der Waals surface area contributed by atoms with Crippen molar-refractivity contribution in [2.45, 2.75) is 32.9 Å². The number of alkyl halides is 3. The molecule has 3 rings (SSSR count). The van der Waals surface area contributed by atoms with Crippen LogP contribution in [0.3, 0.4) is 0 Å². The Morgan fingerprint density at radius 3 is 2.65 bits per heavy atom. The van der Waals surface area contributed by atoms with E-state index in [1.807, 2.05) is 0 Å². The highest BCUT2D eigenvalue weighted by molar-refractivity contribution is 5.89. The minimum absolute atomic E-state index is 0.117. The van der Waals surface area contributed by atoms with Gasteiger partial charge >= 0.3 is 6.18 Å². The lowest BCUT2D eigenvalue weighted by Gasteiger charge is -2.10. The molecule has 1 amide bonds. The molecule has 3 aromatic rings. The summed E-state index contributed by atoms with van der Waals surface area (Å²) in [5, 5.41) is 6.15. The third kappa shape index (κ3) is 3.63. The second-order valence-electron chi connectivity index (χ2n) is 5.67. The number of amides is 1. The van der Waals surface area contributed by atoms with Crippen LogP contribution in [0.15, 0.2) is 24.4 Å². The van der Waals surface area contributed by atoms with Crippen molar-refractivity contribution < 1.29 is 18.0 Å². The van der Waals surface area contributed by atoms with E-state index in [4.69, 9.17) is 0 Å². The highest BCUT2D eigenvalue weighted by atomic mass is 19.4. The molecule has 0 aliphatic carbocycles. The van der Waals surface area contributed by atoms with Crippen LogP contribution >= 0.6 is 0 Å². The van der Waals surface area contributed by atoms with Gasteiger partial charge in [-0.3, -0.25) is 4.79 Å². The molecule has 0 bridgehead atoms. The van der Waals surface area contributed by atoms with Gasteiger partial charge in [0.15, 0.2) is 0 Å². The number of pyridine rings is 1. The van der Waals surface area contributed by atoms with Crippen molar-refractivity contribution in [2.24, 2.45) is 0 Å². The molecule has 0 aliphatic rings. The summed E-state index contributed by atoms with van der Waals surface area (Å²) < 4.78 is 39.4. The van der Waals surface area contributed by atoms with Crippen molar-refractivity contribution in [3.63, 3.8) is 0 Å². The summed E-state index contributed by atoms with van der Waals surface area (Å²) >= 11 is 0. The number of fused-ring (bicyclic) bond motifs is 1. The normalized spacial score (nSPS) is 11.7. The van der Waals surface area contributed by atoms with E-state index < -0.39 is 12.0 Å². The van der Waals surface area contributed by atoms with Crippen LogP contribution in [0.2, 0.25) is 0 Å². The Kier molecular flexibility index (Phi) is 4.58. The number of anilines is 1. The first-order chi connectivity index (χ1) is 12.3. The Bertz CT molecular complexity index is 952. The maximum atomic E-state index is 12.8. The first-order valence-electron chi connectivity index (χ1n) is 7.76. The van der Waals surface area contributed by atoms with Gasteiger partial charge in [0, 0.05) is 24.0 Å². The van der Waals surface area contributed by atoms with Gasteiger partial charge in [0.2, 0.25) is 5.91 Å². The lowest BCUT2D eigenvalue weighted by Crippen LogP contribution is -2.15. The van der Waals surface area contributed by atoms with E-state index in [2.05, 4.69) is 25.4 Å². The molecule has 0 atom stereocenters. The number of aromatic nitrogens is 5. The zero-order chi connectivity index (χ0) is 18.9. The topological polar surface area (TPSA) is 85.1 Å². The average molecular weight is 364 g/mol. The molecular weight excluding hydrogens is 349 g/mol. The molecule has 0 aromatic carbocycles. The smallest absolute Gasteiger partial charge is 0.311 e. The van der Waals surface area contributed by atoms with Crippen LogP contribution in [-0.2, 0) is 17.4 Å². The van der Waals surface area contributed by atoms with E-state index in [0.717, 1.165) is 4.52 Å². The minimum Gasteiger partial charge on any atom is -0.311 e. The standard InChI is InChI=1S/C16H15F3N6O/c1-9-11(6-7-13(26)22-12-5-3-4-8-20-12)10(2)25-15(21-9)23-14(24-25)16(17,18)19/h3-5,8H,6-7H2,1-2H3,(H,20,22,26). The summed E-state index contributed by atoms with van der Waals surface area (Å²) in [6, 6.07) is 5.14. The molecule has 0 aliphatic heterocycles. The minimum atomic E-state index is -4.64. The SMILES string of the molecule is Cc1nc2nc(C(F)(F)F)nn2c(C)c1CCC(=O)Nc1ccccn1. The summed E-state index contributed by atoms with van der Waals surface area (Å²) in [6.45, 7) is 3.30. The Labute approximate surface area is 146 Å². The lowest BCUT2D eigenvalue weighted by molar-refractivity contribution is -0.144. The molecule has 0 saturated carbocycles. The van der Waals surface area contributed by atoms with Crippen molar-refractivity contribution >= 4 is 17.5 Å². The van der Waals surface area contributed by atoms with E-state index in [-0.39, 0.29) is 18.1 Å². The lowest BCUT2D eigenvalue weighted by atomic mass is 10.1. The van der Waals surface area contributed by atoms with Crippen LogP contribution in [0.4, 0.5) is 19.0 Å². The van der Waals surface area contributed by atoms with Crippen LogP contribution in [0.1, 0.15) is 29.2 Å². The number of rotatable bonds is 4. The fourth-order valence-corrected chi connectivity index (χ4v) is 2.57. The van der Waals surface area contributed by atoms with Crippen molar-refractivity contribution in [1.29, 1.82) is 0 Å². The molecule has 1 N–H and O–H groups in total. The maximum Gasteiger partial charge on any atom is 0.453 e. The number of nitrogens with zero attached hydrogens (tertiary/aromatic N) is 5. The van der Waals surface area contributed by atoms with Gasteiger partial charge in [0.05, 0.1) is 0 Å². The number of hydrogen-bond donors (Lipinski definition) is 1. The Morgan fingerprint density at radius 2 is 2.00 bits per heavy atom. The summed E-state index contributed by atoms with van der Waals surface area (Å²) in [6.07, 6.45) is -2.64. The average Bonchev–Trinajstić information content (AvgIpc) is 3.00. The monoisotopic (exact) mass is 364 g/mol. The van der Waals surface area contributed by atoms with Crippen LogP contribution in [0.5, 0.6) is 0 Å². The first kappa shape index (κ1) is 17.8. The van der Waals surface area contributed by atoms with Crippen molar-refractivity contribution in [3.05, 3.63) is 47.2 Å². The Hall–Kier alpha value is -3.04. The molecular formula is C16H15F3N6O. The van der Waals surface area contributed by atoms with E-state index in [9.17, 15) is 18.0 Å². The number of carbonyl (C=O) groups excluding carboxylic acids is 1. The molecule has 0 radical (unpaired) electrons. The van der Waals surface area contributed by atoms with Gasteiger partial charge in [-0.2, -0.15) is 18.2 Å². The number of nitrogens with one attached hydrogen (secondary N) is 1. The molecule has 26 heavy (non-hydrogen) atoms. The molecule has 0 spiro atoms. The van der Waals surface area contributed by atoms with Crippen LogP contribution in [-0.4, -0.2) is 30.5 Å². The quantitative estimate of drug-likeness (QED) is 0.769. The van der Waals surface area contributed by atoms with E-state index in [1.165, 1.54) is 0 Å². The second-order valence-corrected chi connectivity index (χ2v) is 5.67. The fraction of sp³-hybridized carbons (Fsp3) is 0.312. The van der Waals surface area contributed by atoms with Crippen molar-refractivity contribution in [3.8, 4) is 0 Å². The number of halogens is 3. The van der Waals surface area contributed by atoms with E-state index in [0.29, 0.717) is 29.2 Å². The van der Waals surface area contributed by atoms with Gasteiger partial charge in [-0.25, -0.2) is 14.5 Å². The van der Waals surface area contributed by atoms with Gasteiger partial charge in [-0.05, 0) is 38.0 Å². The molecule has 0 fully saturated rings. The van der Waals surface area contributed by atoms with Crippen molar-refractivity contribution in [2.75, 3.05) is 5.32 Å². The molecule has 0 unspecified atom stereocenters. The number of carbonyl (C=O) groups is 1. The Morgan fingerprint density at radius 1 is 1.23 bits per heavy atom. The summed E-state index contributed by atoms with van der Waals surface area (Å²) in [7, 11) is 0. The van der Waals surface area contributed by atoms with Crippen LogP contribution in [0.25, 0.3) is 5.78 Å². The predicted molar refractivity (Wildman–Crippen MR) is 86.4 cm³/mol. The summed E-state index contributed by atoms with van der Waals surface area (Å²) in [4.78, 5) is 23.6. The molecule has 136 valence electrons. The zero-order valence-corrected chi connectivity index (χ0v) is 14.0. The fourth-order valence-electron chi connectivity index (χ4n) is 2.57. The zero-order valence-electron chi connectivity index (χ0n) is 14.0. The first-order valence-corrected chi connectivity index (χ1v) is 7.76. The van der Waals surface area contributed by atoms with Gasteiger partial charge in [0.25, 0.3) is 11.6 Å². The van der Waals surface area contributed by atoms with E-state index >= 15 is 0 Å².